The molecular formula is C16H18ClF2NO4. The molecule has 0 spiro atoms. The second-order valence-corrected chi connectivity index (χ2v) is 6.15. The van der Waals surface area contributed by atoms with Gasteiger partial charge in [-0.2, -0.15) is 8.78 Å². The molecule has 1 unspecified atom stereocenters. The molecule has 1 heterocycles. The van der Waals surface area contributed by atoms with Crippen LogP contribution in [0, 0.1) is 5.92 Å². The summed E-state index contributed by atoms with van der Waals surface area (Å²) in [5, 5.41) is 9.01. The third kappa shape index (κ3) is 5.06. The van der Waals surface area contributed by atoms with Gasteiger partial charge in [0, 0.05) is 24.5 Å². The predicted molar refractivity (Wildman–Crippen MR) is 83.6 cm³/mol. The molecule has 0 bridgehead atoms. The van der Waals surface area contributed by atoms with E-state index in [-0.39, 0.29) is 28.7 Å². The molecule has 1 aliphatic rings. The molecule has 8 heteroatoms. The van der Waals surface area contributed by atoms with Crippen LogP contribution in [0.1, 0.15) is 36.0 Å². The molecule has 1 amide bonds. The Bertz CT molecular complexity index is 612. The highest BCUT2D eigenvalue weighted by Gasteiger charge is 2.27. The minimum absolute atomic E-state index is 0.0123. The Morgan fingerprint density at radius 1 is 1.42 bits per heavy atom. The summed E-state index contributed by atoms with van der Waals surface area (Å²) in [6, 6.07) is 3.93. The van der Waals surface area contributed by atoms with Crippen LogP contribution in [-0.2, 0) is 4.79 Å². The van der Waals surface area contributed by atoms with Crippen LogP contribution in [0.5, 0.6) is 5.75 Å². The molecule has 1 fully saturated rings. The van der Waals surface area contributed by atoms with Crippen molar-refractivity contribution in [3.8, 4) is 5.75 Å². The number of alkyl halides is 2. The van der Waals surface area contributed by atoms with E-state index >= 15 is 0 Å². The summed E-state index contributed by atoms with van der Waals surface area (Å²) < 4.78 is 29.4. The highest BCUT2D eigenvalue weighted by molar-refractivity contribution is 6.31. The molecule has 0 saturated carbocycles. The number of carbonyl (C=O) groups excluding carboxylic acids is 1. The van der Waals surface area contributed by atoms with E-state index in [1.807, 2.05) is 0 Å². The van der Waals surface area contributed by atoms with Crippen LogP contribution in [0.4, 0.5) is 8.78 Å². The summed E-state index contributed by atoms with van der Waals surface area (Å²) in [4.78, 5) is 24.9. The first-order valence-electron chi connectivity index (χ1n) is 7.62. The van der Waals surface area contributed by atoms with Crippen molar-refractivity contribution in [3.05, 3.63) is 28.8 Å². The lowest BCUT2D eigenvalue weighted by molar-refractivity contribution is -0.137. The van der Waals surface area contributed by atoms with E-state index in [9.17, 15) is 18.4 Å². The minimum atomic E-state index is -3.04. The molecule has 0 aromatic heterocycles. The maximum Gasteiger partial charge on any atom is 0.387 e. The van der Waals surface area contributed by atoms with Crippen molar-refractivity contribution in [2.24, 2.45) is 5.92 Å². The number of piperidine rings is 1. The van der Waals surface area contributed by atoms with E-state index in [2.05, 4.69) is 4.74 Å². The lowest BCUT2D eigenvalue weighted by Gasteiger charge is -2.33. The van der Waals surface area contributed by atoms with Crippen molar-refractivity contribution >= 4 is 23.5 Å². The lowest BCUT2D eigenvalue weighted by atomic mass is 9.93. The van der Waals surface area contributed by atoms with Crippen molar-refractivity contribution in [1.82, 2.24) is 4.90 Å². The molecule has 2 rings (SSSR count). The number of aliphatic carboxylic acids is 1. The van der Waals surface area contributed by atoms with E-state index in [1.54, 1.807) is 4.90 Å². The molecule has 0 aliphatic carbocycles. The van der Waals surface area contributed by atoms with Gasteiger partial charge in [0.1, 0.15) is 5.75 Å². The van der Waals surface area contributed by atoms with Crippen LogP contribution >= 0.6 is 11.6 Å². The first-order valence-corrected chi connectivity index (χ1v) is 8.00. The Morgan fingerprint density at radius 3 is 2.83 bits per heavy atom. The number of halogens is 3. The van der Waals surface area contributed by atoms with Gasteiger partial charge in [-0.15, -0.1) is 0 Å². The lowest BCUT2D eigenvalue weighted by Crippen LogP contribution is -2.40. The highest BCUT2D eigenvalue weighted by atomic mass is 35.5. The highest BCUT2D eigenvalue weighted by Crippen LogP contribution is 2.28. The van der Waals surface area contributed by atoms with Gasteiger partial charge in [0.25, 0.3) is 5.91 Å². The van der Waals surface area contributed by atoms with E-state index in [1.165, 1.54) is 18.2 Å². The van der Waals surface area contributed by atoms with Crippen LogP contribution in [-0.4, -0.2) is 41.6 Å². The number of benzene rings is 1. The predicted octanol–water partition coefficient (Wildman–Crippen LogP) is 3.66. The maximum absolute atomic E-state index is 12.7. The van der Waals surface area contributed by atoms with Gasteiger partial charge in [-0.25, -0.2) is 0 Å². The third-order valence-corrected chi connectivity index (χ3v) is 4.20. The number of hydrogen-bond donors (Lipinski definition) is 1. The summed E-state index contributed by atoms with van der Waals surface area (Å²) >= 11 is 5.87. The fraction of sp³-hybridized carbons (Fsp3) is 0.500. The summed E-state index contributed by atoms with van der Waals surface area (Å²) in [6.45, 7) is -2.15. The summed E-state index contributed by atoms with van der Waals surface area (Å²) in [5.74, 6) is -1.45. The summed E-state index contributed by atoms with van der Waals surface area (Å²) in [6.07, 6.45) is 2.10. The molecule has 5 nitrogen and oxygen atoms in total. The van der Waals surface area contributed by atoms with Gasteiger partial charge in [0.15, 0.2) is 0 Å². The second kappa shape index (κ2) is 8.28. The fourth-order valence-electron chi connectivity index (χ4n) is 2.85. The molecule has 1 N–H and O–H groups in total. The van der Waals surface area contributed by atoms with E-state index in [0.29, 0.717) is 19.5 Å². The van der Waals surface area contributed by atoms with Gasteiger partial charge in [0.05, 0.1) is 5.56 Å². The third-order valence-electron chi connectivity index (χ3n) is 3.96. The van der Waals surface area contributed by atoms with E-state index in [4.69, 9.17) is 16.7 Å². The zero-order chi connectivity index (χ0) is 17.7. The first kappa shape index (κ1) is 18.4. The van der Waals surface area contributed by atoms with Crippen LogP contribution < -0.4 is 4.74 Å². The number of hydrogen-bond acceptors (Lipinski definition) is 3. The monoisotopic (exact) mass is 361 g/mol. The average molecular weight is 362 g/mol. The second-order valence-electron chi connectivity index (χ2n) is 5.71. The topological polar surface area (TPSA) is 66.8 Å². The molecule has 1 aromatic rings. The normalized spacial score (nSPS) is 17.8. The fourth-order valence-corrected chi connectivity index (χ4v) is 3.02. The van der Waals surface area contributed by atoms with Gasteiger partial charge in [-0.3, -0.25) is 9.59 Å². The first-order chi connectivity index (χ1) is 11.4. The Kier molecular flexibility index (Phi) is 6.36. The number of nitrogens with zero attached hydrogens (tertiary/aromatic N) is 1. The van der Waals surface area contributed by atoms with E-state index in [0.717, 1.165) is 12.8 Å². The maximum atomic E-state index is 12.7. The number of carbonyl (C=O) groups is 2. The zero-order valence-corrected chi connectivity index (χ0v) is 13.6. The Balaban J connectivity index is 2.12. The molecule has 132 valence electrons. The van der Waals surface area contributed by atoms with Crippen molar-refractivity contribution in [1.29, 1.82) is 0 Å². The van der Waals surface area contributed by atoms with Crippen molar-refractivity contribution < 1.29 is 28.2 Å². The van der Waals surface area contributed by atoms with Gasteiger partial charge in [-0.1, -0.05) is 11.6 Å². The molecule has 1 atom stereocenters. The summed E-state index contributed by atoms with van der Waals surface area (Å²) in [5.41, 5.74) is -0.0123. The Labute approximate surface area is 143 Å². The SMILES string of the molecule is O=C(O)CCC1CCCN(C(=O)c2cc(Cl)ccc2OC(F)F)C1. The van der Waals surface area contributed by atoms with Gasteiger partial charge in [0.2, 0.25) is 0 Å². The molecule has 1 aliphatic heterocycles. The Hall–Kier alpha value is -1.89. The van der Waals surface area contributed by atoms with Crippen LogP contribution in [0.3, 0.4) is 0 Å². The molecule has 24 heavy (non-hydrogen) atoms. The minimum Gasteiger partial charge on any atom is -0.481 e. The number of carboxylic acids is 1. The number of rotatable bonds is 6. The molecule has 0 radical (unpaired) electrons. The number of carboxylic acid groups (broad SMARTS) is 1. The van der Waals surface area contributed by atoms with E-state index < -0.39 is 18.5 Å². The standard InChI is InChI=1S/C16H18ClF2NO4/c17-11-4-5-13(24-16(18)19)12(8-11)15(23)20-7-1-2-10(9-20)3-6-14(21)22/h4-5,8,10,16H,1-3,6-7,9H2,(H,21,22). The van der Waals surface area contributed by atoms with Crippen LogP contribution in [0.15, 0.2) is 18.2 Å². The number of likely N-dealkylation sites (tertiary alicyclic amines) is 1. The smallest absolute Gasteiger partial charge is 0.387 e. The van der Waals surface area contributed by atoms with Crippen molar-refractivity contribution in [2.75, 3.05) is 13.1 Å². The average Bonchev–Trinajstić information content (AvgIpc) is 2.54. The largest absolute Gasteiger partial charge is 0.481 e. The molecular weight excluding hydrogens is 344 g/mol. The zero-order valence-electron chi connectivity index (χ0n) is 12.9. The van der Waals surface area contributed by atoms with Crippen LogP contribution in [0.2, 0.25) is 5.02 Å². The summed E-state index contributed by atoms with van der Waals surface area (Å²) in [7, 11) is 0. The van der Waals surface area contributed by atoms with Crippen molar-refractivity contribution in [3.63, 3.8) is 0 Å². The Morgan fingerprint density at radius 2 is 2.17 bits per heavy atom. The van der Waals surface area contributed by atoms with Gasteiger partial charge in [-0.05, 0) is 43.4 Å². The van der Waals surface area contributed by atoms with Gasteiger partial charge < -0.3 is 14.7 Å². The molecule has 1 saturated heterocycles. The number of amides is 1. The number of ether oxygens (including phenoxy) is 1. The van der Waals surface area contributed by atoms with Crippen molar-refractivity contribution in [2.45, 2.75) is 32.3 Å². The molecule has 1 aromatic carbocycles. The quantitative estimate of drug-likeness (QED) is 0.839. The van der Waals surface area contributed by atoms with Crippen LogP contribution in [0.25, 0.3) is 0 Å². The van der Waals surface area contributed by atoms with Gasteiger partial charge >= 0.3 is 12.6 Å².